The number of amides is 1. The molecule has 0 saturated carbocycles. The topological polar surface area (TPSA) is 80.2 Å². The van der Waals surface area contributed by atoms with E-state index in [0.717, 1.165) is 42.8 Å². The summed E-state index contributed by atoms with van der Waals surface area (Å²) in [4.78, 5) is 13.6. The molecule has 2 fully saturated rings. The number of hydrogen-bond donors (Lipinski definition) is 2. The maximum Gasteiger partial charge on any atom is 0.275 e. The summed E-state index contributed by atoms with van der Waals surface area (Å²) in [6.45, 7) is 5.99. The van der Waals surface area contributed by atoms with Gasteiger partial charge < -0.3 is 15.0 Å². The zero-order valence-electron chi connectivity index (χ0n) is 16.7. The molecule has 7 nitrogen and oxygen atoms in total. The lowest BCUT2D eigenvalue weighted by Gasteiger charge is -2.31. The zero-order chi connectivity index (χ0) is 20.0. The van der Waals surface area contributed by atoms with Crippen LogP contribution in [-0.2, 0) is 26.0 Å². The summed E-state index contributed by atoms with van der Waals surface area (Å²) in [5.74, 6) is 0.00770. The number of quaternary nitrogens is 1. The van der Waals surface area contributed by atoms with E-state index in [-0.39, 0.29) is 12.0 Å². The Morgan fingerprint density at radius 1 is 1.25 bits per heavy atom. The number of aryl methyl sites for hydroxylation is 1. The Morgan fingerprint density at radius 3 is 2.57 bits per heavy atom. The monoisotopic (exact) mass is 410 g/mol. The second kappa shape index (κ2) is 9.82. The van der Waals surface area contributed by atoms with Crippen molar-refractivity contribution in [2.45, 2.75) is 43.6 Å². The summed E-state index contributed by atoms with van der Waals surface area (Å²) in [7, 11) is -3.46. The molecule has 28 heavy (non-hydrogen) atoms. The molecule has 0 bridgehead atoms. The number of piperazine rings is 1. The van der Waals surface area contributed by atoms with Crippen molar-refractivity contribution < 1.29 is 22.8 Å². The van der Waals surface area contributed by atoms with Gasteiger partial charge in [-0.15, -0.1) is 0 Å². The summed E-state index contributed by atoms with van der Waals surface area (Å²) in [6.07, 6.45) is 4.20. The number of hydrogen-bond acceptors (Lipinski definition) is 4. The largest absolute Gasteiger partial charge is 0.376 e. The second-order valence-corrected chi connectivity index (χ2v) is 9.60. The predicted octanol–water partition coefficient (Wildman–Crippen LogP) is -0.176. The number of benzene rings is 1. The standard InChI is InChI=1S/C20H31N3O4S/c1-2-4-17-6-8-19(9-7-17)28(25,26)23-12-10-22(11-13-23)16-20(24)21-15-18-5-3-14-27-18/h6-9,18H,2-5,10-16H2,1H3,(H,21,24)/p+1/t18-/m1/s1. The van der Waals surface area contributed by atoms with E-state index in [4.69, 9.17) is 4.74 Å². The molecule has 156 valence electrons. The van der Waals surface area contributed by atoms with Crippen LogP contribution in [0.4, 0.5) is 0 Å². The minimum Gasteiger partial charge on any atom is -0.376 e. The van der Waals surface area contributed by atoms with Crippen molar-refractivity contribution in [3.63, 3.8) is 0 Å². The molecule has 0 unspecified atom stereocenters. The van der Waals surface area contributed by atoms with Crippen LogP contribution in [0.25, 0.3) is 0 Å². The average molecular weight is 411 g/mol. The predicted molar refractivity (Wildman–Crippen MR) is 107 cm³/mol. The first-order chi connectivity index (χ1) is 13.5. The van der Waals surface area contributed by atoms with Crippen molar-refractivity contribution in [3.05, 3.63) is 29.8 Å². The number of nitrogens with zero attached hydrogens (tertiary/aromatic N) is 1. The molecule has 2 N–H and O–H groups in total. The van der Waals surface area contributed by atoms with Crippen LogP contribution in [-0.4, -0.2) is 70.6 Å². The van der Waals surface area contributed by atoms with Crippen LogP contribution >= 0.6 is 0 Å². The van der Waals surface area contributed by atoms with Crippen LogP contribution in [0.1, 0.15) is 31.7 Å². The van der Waals surface area contributed by atoms with Crippen LogP contribution in [0, 0.1) is 0 Å². The lowest BCUT2D eigenvalue weighted by molar-refractivity contribution is -0.895. The number of sulfonamides is 1. The highest BCUT2D eigenvalue weighted by Gasteiger charge is 2.31. The van der Waals surface area contributed by atoms with E-state index >= 15 is 0 Å². The van der Waals surface area contributed by atoms with E-state index in [2.05, 4.69) is 12.2 Å². The molecule has 2 heterocycles. The van der Waals surface area contributed by atoms with Crippen molar-refractivity contribution in [1.29, 1.82) is 0 Å². The summed E-state index contributed by atoms with van der Waals surface area (Å²) in [6, 6.07) is 7.21. The third kappa shape index (κ3) is 5.53. The minimum absolute atomic E-state index is 0.00770. The van der Waals surface area contributed by atoms with Crippen LogP contribution < -0.4 is 10.2 Å². The Bertz CT molecular complexity index is 737. The average Bonchev–Trinajstić information content (AvgIpc) is 3.21. The fraction of sp³-hybridized carbons (Fsp3) is 0.650. The third-order valence-electron chi connectivity index (χ3n) is 5.49. The molecule has 1 aromatic carbocycles. The van der Waals surface area contributed by atoms with Gasteiger partial charge in [0.05, 0.1) is 37.2 Å². The second-order valence-electron chi connectivity index (χ2n) is 7.66. The lowest BCUT2D eigenvalue weighted by Crippen LogP contribution is -3.15. The normalized spacial score (nSPS) is 21.7. The first-order valence-corrected chi connectivity index (χ1v) is 11.7. The van der Waals surface area contributed by atoms with Crippen LogP contribution in [0.5, 0.6) is 0 Å². The van der Waals surface area contributed by atoms with Crippen molar-refractivity contribution in [1.82, 2.24) is 9.62 Å². The van der Waals surface area contributed by atoms with Crippen molar-refractivity contribution >= 4 is 15.9 Å². The number of carbonyl (C=O) groups is 1. The summed E-state index contributed by atoms with van der Waals surface area (Å²) < 4.78 is 32.8. The van der Waals surface area contributed by atoms with E-state index in [1.54, 1.807) is 12.1 Å². The molecule has 1 aromatic rings. The van der Waals surface area contributed by atoms with Gasteiger partial charge in [-0.25, -0.2) is 8.42 Å². The fourth-order valence-electron chi connectivity index (χ4n) is 3.81. The molecule has 1 amide bonds. The fourth-order valence-corrected chi connectivity index (χ4v) is 5.25. The molecule has 0 radical (unpaired) electrons. The number of rotatable bonds is 8. The Balaban J connectivity index is 1.46. The zero-order valence-corrected chi connectivity index (χ0v) is 17.5. The Labute approximate surface area is 168 Å². The van der Waals surface area contributed by atoms with Gasteiger partial charge in [0.15, 0.2) is 6.54 Å². The Kier molecular flexibility index (Phi) is 7.45. The first-order valence-electron chi connectivity index (χ1n) is 10.3. The maximum atomic E-state index is 12.9. The SMILES string of the molecule is CCCc1ccc(S(=O)(=O)N2CC[NH+](CC(=O)NC[C@H]3CCCO3)CC2)cc1. The van der Waals surface area contributed by atoms with E-state index in [0.29, 0.717) is 44.2 Å². The van der Waals surface area contributed by atoms with Gasteiger partial charge in [0.1, 0.15) is 0 Å². The van der Waals surface area contributed by atoms with Gasteiger partial charge in [0.2, 0.25) is 10.0 Å². The van der Waals surface area contributed by atoms with Crippen molar-refractivity contribution in [3.8, 4) is 0 Å². The molecule has 2 aliphatic rings. The van der Waals surface area contributed by atoms with Crippen molar-refractivity contribution in [2.24, 2.45) is 0 Å². The Hall–Kier alpha value is -1.48. The molecule has 3 rings (SSSR count). The quantitative estimate of drug-likeness (QED) is 0.623. The smallest absolute Gasteiger partial charge is 0.275 e. The van der Waals surface area contributed by atoms with Crippen LogP contribution in [0.3, 0.4) is 0 Å². The molecular formula is C20H32N3O4S+. The number of ether oxygens (including phenoxy) is 1. The number of carbonyl (C=O) groups excluding carboxylic acids is 1. The van der Waals surface area contributed by atoms with E-state index in [1.807, 2.05) is 12.1 Å². The molecule has 0 aliphatic carbocycles. The molecule has 2 saturated heterocycles. The van der Waals surface area contributed by atoms with E-state index < -0.39 is 10.0 Å². The van der Waals surface area contributed by atoms with Crippen molar-refractivity contribution in [2.75, 3.05) is 45.9 Å². The molecule has 2 aliphatic heterocycles. The Morgan fingerprint density at radius 2 is 1.96 bits per heavy atom. The van der Waals surface area contributed by atoms with Gasteiger partial charge in [0, 0.05) is 13.2 Å². The summed E-state index contributed by atoms with van der Waals surface area (Å²) in [5.41, 5.74) is 1.16. The van der Waals surface area contributed by atoms with E-state index in [1.165, 1.54) is 4.31 Å². The third-order valence-corrected chi connectivity index (χ3v) is 7.40. The highest BCUT2D eigenvalue weighted by atomic mass is 32.2. The van der Waals surface area contributed by atoms with Gasteiger partial charge >= 0.3 is 0 Å². The molecule has 0 spiro atoms. The van der Waals surface area contributed by atoms with E-state index in [9.17, 15) is 13.2 Å². The van der Waals surface area contributed by atoms with Gasteiger partial charge in [-0.1, -0.05) is 25.5 Å². The van der Waals surface area contributed by atoms with Crippen LogP contribution in [0.2, 0.25) is 0 Å². The number of nitrogens with one attached hydrogen (secondary N) is 2. The molecule has 0 aromatic heterocycles. The van der Waals surface area contributed by atoms with Gasteiger partial charge in [0.25, 0.3) is 5.91 Å². The lowest BCUT2D eigenvalue weighted by atomic mass is 10.1. The molecule has 8 heteroatoms. The van der Waals surface area contributed by atoms with Gasteiger partial charge in [-0.05, 0) is 37.0 Å². The maximum absolute atomic E-state index is 12.9. The highest BCUT2D eigenvalue weighted by molar-refractivity contribution is 7.89. The van der Waals surface area contributed by atoms with Gasteiger partial charge in [-0.2, -0.15) is 4.31 Å². The van der Waals surface area contributed by atoms with Gasteiger partial charge in [-0.3, -0.25) is 4.79 Å². The molecular weight excluding hydrogens is 378 g/mol. The van der Waals surface area contributed by atoms with Crippen LogP contribution in [0.15, 0.2) is 29.2 Å². The highest BCUT2D eigenvalue weighted by Crippen LogP contribution is 2.17. The summed E-state index contributed by atoms with van der Waals surface area (Å²) in [5, 5.41) is 2.94. The first kappa shape index (κ1) is 21.2. The minimum atomic E-state index is -3.46. The molecule has 1 atom stereocenters. The summed E-state index contributed by atoms with van der Waals surface area (Å²) >= 11 is 0.